The molecule has 0 amide bonds. The fourth-order valence-corrected chi connectivity index (χ4v) is 4.58. The molecule has 6 nitrogen and oxygen atoms in total. The highest BCUT2D eigenvalue weighted by atomic mass is 32.2. The molecule has 4 aromatic rings. The third-order valence-electron chi connectivity index (χ3n) is 5.32. The zero-order valence-electron chi connectivity index (χ0n) is 18.3. The first-order valence-electron chi connectivity index (χ1n) is 10.2. The van der Waals surface area contributed by atoms with E-state index in [-0.39, 0.29) is 17.3 Å². The van der Waals surface area contributed by atoms with E-state index >= 15 is 0 Å². The number of hydrogen-bond acceptors (Lipinski definition) is 5. The van der Waals surface area contributed by atoms with E-state index in [1.165, 1.54) is 13.2 Å². The minimum absolute atomic E-state index is 0.0124. The highest BCUT2D eigenvalue weighted by Gasteiger charge is 2.20. The van der Waals surface area contributed by atoms with Gasteiger partial charge in [0.2, 0.25) is 5.88 Å². The lowest BCUT2D eigenvalue weighted by molar-refractivity contribution is 0.401. The second kappa shape index (κ2) is 8.82. The van der Waals surface area contributed by atoms with Gasteiger partial charge in [0.25, 0.3) is 0 Å². The van der Waals surface area contributed by atoms with Crippen molar-refractivity contribution in [2.45, 2.75) is 12.7 Å². The van der Waals surface area contributed by atoms with Crippen molar-refractivity contribution >= 4 is 20.7 Å². The van der Waals surface area contributed by atoms with Gasteiger partial charge in [0.1, 0.15) is 17.1 Å². The van der Waals surface area contributed by atoms with Crippen LogP contribution in [-0.4, -0.2) is 30.8 Å². The predicted octanol–water partition coefficient (Wildman–Crippen LogP) is 5.25. The molecule has 0 radical (unpaired) electrons. The van der Waals surface area contributed by atoms with Crippen molar-refractivity contribution in [1.29, 1.82) is 0 Å². The van der Waals surface area contributed by atoms with Gasteiger partial charge in [-0.2, -0.15) is 0 Å². The fourth-order valence-electron chi connectivity index (χ4n) is 3.68. The first kappa shape index (κ1) is 22.7. The third-order valence-corrected chi connectivity index (χ3v) is 6.98. The molecule has 0 fully saturated rings. The molecular weight excluding hydrogens is 450 g/mol. The number of ether oxygens (including phenoxy) is 2. The largest absolute Gasteiger partial charge is 0.479 e. The Morgan fingerprint density at radius 1 is 1.03 bits per heavy atom. The van der Waals surface area contributed by atoms with E-state index in [1.807, 2.05) is 23.9 Å². The number of halogens is 2. The summed E-state index contributed by atoms with van der Waals surface area (Å²) in [4.78, 5) is 4.24. The Morgan fingerprint density at radius 3 is 2.48 bits per heavy atom. The number of hydrogen-bond donors (Lipinski definition) is 0. The van der Waals surface area contributed by atoms with Crippen LogP contribution in [0.3, 0.4) is 0 Å². The molecule has 0 spiro atoms. The minimum atomic E-state index is -3.28. The van der Waals surface area contributed by atoms with E-state index in [9.17, 15) is 17.2 Å². The van der Waals surface area contributed by atoms with Gasteiger partial charge in [-0.05, 0) is 35.9 Å². The van der Waals surface area contributed by atoms with Crippen LogP contribution in [0, 0.1) is 11.6 Å². The van der Waals surface area contributed by atoms with E-state index in [1.54, 1.807) is 31.3 Å². The monoisotopic (exact) mass is 472 g/mol. The molecule has 9 heteroatoms. The van der Waals surface area contributed by atoms with Crippen LogP contribution < -0.4 is 9.47 Å². The molecular formula is C24H22F2N2O4S. The predicted molar refractivity (Wildman–Crippen MR) is 122 cm³/mol. The van der Waals surface area contributed by atoms with Crippen molar-refractivity contribution in [3.05, 3.63) is 72.1 Å². The van der Waals surface area contributed by atoms with Crippen molar-refractivity contribution in [1.82, 2.24) is 9.55 Å². The number of rotatable bonds is 7. The van der Waals surface area contributed by atoms with Crippen LogP contribution in [0.4, 0.5) is 8.78 Å². The van der Waals surface area contributed by atoms with Crippen molar-refractivity contribution < 1.29 is 26.7 Å². The van der Waals surface area contributed by atoms with Crippen LogP contribution in [0.1, 0.15) is 12.5 Å². The molecule has 0 aliphatic heterocycles. The lowest BCUT2D eigenvalue weighted by Crippen LogP contribution is -2.06. The Labute approximate surface area is 190 Å². The number of nitrogens with zero attached hydrogens (tertiary/aromatic N) is 2. The van der Waals surface area contributed by atoms with Gasteiger partial charge >= 0.3 is 0 Å². The number of methoxy groups -OCH3 is 1. The minimum Gasteiger partial charge on any atom is -0.479 e. The van der Waals surface area contributed by atoms with Crippen LogP contribution in [0.25, 0.3) is 22.0 Å². The molecule has 2 aromatic heterocycles. The number of benzene rings is 2. The van der Waals surface area contributed by atoms with E-state index < -0.39 is 21.5 Å². The number of aromatic nitrogens is 2. The van der Waals surface area contributed by atoms with Crippen LogP contribution in [0.15, 0.2) is 54.9 Å². The summed E-state index contributed by atoms with van der Waals surface area (Å²) < 4.78 is 65.2. The van der Waals surface area contributed by atoms with Gasteiger partial charge in [-0.25, -0.2) is 22.2 Å². The van der Waals surface area contributed by atoms with Crippen LogP contribution in [0.2, 0.25) is 0 Å². The number of sulfone groups is 1. The van der Waals surface area contributed by atoms with E-state index in [2.05, 4.69) is 4.98 Å². The zero-order chi connectivity index (χ0) is 23.8. The van der Waals surface area contributed by atoms with Gasteiger partial charge in [0, 0.05) is 47.8 Å². The summed E-state index contributed by atoms with van der Waals surface area (Å²) in [7, 11) is 0.0789. The smallest absolute Gasteiger partial charge is 0.238 e. The lowest BCUT2D eigenvalue weighted by atomic mass is 10.0. The number of fused-ring (bicyclic) bond motifs is 1. The summed E-state index contributed by atoms with van der Waals surface area (Å²) in [6, 6.07) is 9.80. The van der Waals surface area contributed by atoms with Crippen LogP contribution in [0.5, 0.6) is 17.4 Å². The lowest BCUT2D eigenvalue weighted by Gasteiger charge is -2.14. The summed E-state index contributed by atoms with van der Waals surface area (Å²) >= 11 is 0. The summed E-state index contributed by atoms with van der Waals surface area (Å²) in [5, 5.41) is 0.796. The SMILES string of the molecule is CCS(=O)(=O)Cc1ccc(Oc2ccc(F)cc2F)c(-c2cn(C)c3c(OC)nccc23)c1. The Balaban J connectivity index is 1.91. The van der Waals surface area contributed by atoms with Crippen LogP contribution in [-0.2, 0) is 22.6 Å². The molecule has 0 saturated carbocycles. The molecule has 0 aliphatic carbocycles. The maximum atomic E-state index is 14.3. The molecule has 0 bridgehead atoms. The van der Waals surface area contributed by atoms with Gasteiger partial charge in [-0.15, -0.1) is 0 Å². The third kappa shape index (κ3) is 4.54. The summed E-state index contributed by atoms with van der Waals surface area (Å²) in [6.07, 6.45) is 3.45. The normalized spacial score (nSPS) is 11.7. The quantitative estimate of drug-likeness (QED) is 0.367. The molecule has 0 N–H and O–H groups in total. The molecule has 0 unspecified atom stereocenters. The molecule has 33 heavy (non-hydrogen) atoms. The van der Waals surface area contributed by atoms with E-state index in [0.29, 0.717) is 22.8 Å². The van der Waals surface area contributed by atoms with Crippen molar-refractivity contribution in [3.63, 3.8) is 0 Å². The summed E-state index contributed by atoms with van der Waals surface area (Å²) in [5.74, 6) is -1.11. The first-order valence-corrected chi connectivity index (χ1v) is 12.0. The average molecular weight is 473 g/mol. The molecule has 0 aliphatic rings. The van der Waals surface area contributed by atoms with Gasteiger partial charge in [-0.3, -0.25) is 0 Å². The maximum absolute atomic E-state index is 14.3. The fraction of sp³-hybridized carbons (Fsp3) is 0.208. The van der Waals surface area contributed by atoms with Crippen molar-refractivity contribution in [3.8, 4) is 28.5 Å². The Morgan fingerprint density at radius 2 is 1.79 bits per heavy atom. The summed E-state index contributed by atoms with van der Waals surface area (Å²) in [6.45, 7) is 1.59. The Hall–Kier alpha value is -3.46. The number of aryl methyl sites for hydroxylation is 1. The maximum Gasteiger partial charge on any atom is 0.238 e. The molecule has 2 aromatic carbocycles. The van der Waals surface area contributed by atoms with Crippen molar-refractivity contribution in [2.75, 3.05) is 12.9 Å². The summed E-state index contributed by atoms with van der Waals surface area (Å²) in [5.41, 5.74) is 2.58. The highest BCUT2D eigenvalue weighted by molar-refractivity contribution is 7.90. The number of pyridine rings is 1. The van der Waals surface area contributed by atoms with Gasteiger partial charge in [0.15, 0.2) is 21.4 Å². The molecule has 0 atom stereocenters. The van der Waals surface area contributed by atoms with E-state index in [4.69, 9.17) is 9.47 Å². The van der Waals surface area contributed by atoms with Crippen LogP contribution >= 0.6 is 0 Å². The van der Waals surface area contributed by atoms with Gasteiger partial charge in [0.05, 0.1) is 12.9 Å². The molecule has 172 valence electrons. The molecule has 0 saturated heterocycles. The van der Waals surface area contributed by atoms with Gasteiger partial charge in [-0.1, -0.05) is 13.0 Å². The molecule has 4 rings (SSSR count). The molecule has 2 heterocycles. The van der Waals surface area contributed by atoms with Gasteiger partial charge < -0.3 is 14.0 Å². The second-order valence-corrected chi connectivity index (χ2v) is 9.91. The highest BCUT2D eigenvalue weighted by Crippen LogP contribution is 2.41. The second-order valence-electron chi connectivity index (χ2n) is 7.55. The standard InChI is InChI=1S/C24H22F2N2O4S/c1-4-33(29,30)14-15-5-7-21(32-22-8-6-16(25)12-20(22)26)18(11-15)19-13-28(2)23-17(19)9-10-27-24(23)31-3/h5-13H,4,14H2,1-3H3. The Kier molecular flexibility index (Phi) is 6.07. The Bertz CT molecular complexity index is 1450. The zero-order valence-corrected chi connectivity index (χ0v) is 19.1. The van der Waals surface area contributed by atoms with E-state index in [0.717, 1.165) is 28.6 Å². The average Bonchev–Trinajstić information content (AvgIpc) is 3.13. The van der Waals surface area contributed by atoms with Crippen molar-refractivity contribution in [2.24, 2.45) is 7.05 Å². The first-order chi connectivity index (χ1) is 15.7. The topological polar surface area (TPSA) is 70.4 Å².